The van der Waals surface area contributed by atoms with Crippen LogP contribution in [-0.4, -0.2) is 56.3 Å². The van der Waals surface area contributed by atoms with Crippen LogP contribution in [0, 0.1) is 5.92 Å². The Labute approximate surface area is 170 Å². The molecule has 6 heteroatoms. The van der Waals surface area contributed by atoms with Crippen molar-refractivity contribution in [3.8, 4) is 5.75 Å². The van der Waals surface area contributed by atoms with Gasteiger partial charge in [-0.3, -0.25) is 9.69 Å². The lowest BCUT2D eigenvalue weighted by atomic mass is 10.1. The van der Waals surface area contributed by atoms with Gasteiger partial charge in [0.1, 0.15) is 12.4 Å². The van der Waals surface area contributed by atoms with Crippen molar-refractivity contribution in [2.24, 2.45) is 5.92 Å². The Hall–Kier alpha value is -2.70. The average molecular weight is 395 g/mol. The van der Waals surface area contributed by atoms with Gasteiger partial charge in [-0.1, -0.05) is 24.3 Å². The summed E-state index contributed by atoms with van der Waals surface area (Å²) in [5.74, 6) is -0.322. The van der Waals surface area contributed by atoms with Crippen molar-refractivity contribution >= 4 is 11.9 Å². The summed E-state index contributed by atoms with van der Waals surface area (Å²) in [6, 6.07) is 14.6. The number of nitrogens with zero attached hydrogens (tertiary/aromatic N) is 1. The number of hydrogen-bond acceptors (Lipinski definition) is 6. The zero-order valence-electron chi connectivity index (χ0n) is 16.3. The maximum Gasteiger partial charge on any atom is 0.338 e. The molecule has 1 heterocycles. The van der Waals surface area contributed by atoms with E-state index in [1.165, 1.54) is 11.1 Å². The average Bonchev–Trinajstić information content (AvgIpc) is 3.19. The fourth-order valence-electron chi connectivity index (χ4n) is 3.76. The highest BCUT2D eigenvalue weighted by Crippen LogP contribution is 2.28. The van der Waals surface area contributed by atoms with Crippen molar-refractivity contribution in [1.82, 2.24) is 4.90 Å². The van der Waals surface area contributed by atoms with Crippen molar-refractivity contribution in [3.05, 3.63) is 65.2 Å². The van der Waals surface area contributed by atoms with Crippen LogP contribution in [0.25, 0.3) is 0 Å². The summed E-state index contributed by atoms with van der Waals surface area (Å²) in [6.07, 6.45) is 1.42. The Morgan fingerprint density at radius 3 is 2.28 bits per heavy atom. The Bertz CT molecular complexity index is 833. The Morgan fingerprint density at radius 1 is 0.966 bits per heavy atom. The van der Waals surface area contributed by atoms with Gasteiger partial charge in [0.25, 0.3) is 0 Å². The third kappa shape index (κ3) is 5.02. The third-order valence-corrected chi connectivity index (χ3v) is 5.44. The molecule has 0 radical (unpaired) electrons. The van der Waals surface area contributed by atoms with Crippen LogP contribution < -0.4 is 4.74 Å². The highest BCUT2D eigenvalue weighted by atomic mass is 16.5. The molecule has 0 atom stereocenters. The highest BCUT2D eigenvalue weighted by Gasteiger charge is 2.28. The van der Waals surface area contributed by atoms with Gasteiger partial charge in [0.2, 0.25) is 0 Å². The molecule has 0 spiro atoms. The van der Waals surface area contributed by atoms with Crippen LogP contribution >= 0.6 is 0 Å². The SMILES string of the molecule is O=C(OCCN1CCOCC1)c1ccc(OC(=O)C2Cc3ccccc3C2)cc1. The quantitative estimate of drug-likeness (QED) is 0.553. The molecular formula is C23H25NO5. The molecule has 0 N–H and O–H groups in total. The zero-order chi connectivity index (χ0) is 20.1. The lowest BCUT2D eigenvalue weighted by molar-refractivity contribution is -0.138. The van der Waals surface area contributed by atoms with Gasteiger partial charge in [0, 0.05) is 19.6 Å². The van der Waals surface area contributed by atoms with Crippen LogP contribution in [0.1, 0.15) is 21.5 Å². The summed E-state index contributed by atoms with van der Waals surface area (Å²) >= 11 is 0. The molecule has 2 aromatic carbocycles. The fraction of sp³-hybridized carbons (Fsp3) is 0.391. The maximum absolute atomic E-state index is 12.5. The molecule has 0 aromatic heterocycles. The standard InChI is InChI=1S/C23H25NO5/c25-22(28-14-11-24-9-12-27-13-10-24)17-5-7-21(8-6-17)29-23(26)20-15-18-3-1-2-4-19(18)16-20/h1-8,20H,9-16H2. The monoisotopic (exact) mass is 395 g/mol. The predicted octanol–water partition coefficient (Wildman–Crippen LogP) is 2.50. The van der Waals surface area contributed by atoms with E-state index in [0.29, 0.717) is 37.3 Å². The van der Waals surface area contributed by atoms with Gasteiger partial charge in [0.15, 0.2) is 0 Å². The molecule has 1 aliphatic carbocycles. The van der Waals surface area contributed by atoms with Crippen LogP contribution in [0.15, 0.2) is 48.5 Å². The molecule has 0 saturated carbocycles. The zero-order valence-corrected chi connectivity index (χ0v) is 16.3. The molecule has 4 rings (SSSR count). The molecular weight excluding hydrogens is 370 g/mol. The van der Waals surface area contributed by atoms with E-state index in [1.807, 2.05) is 12.1 Å². The minimum Gasteiger partial charge on any atom is -0.461 e. The van der Waals surface area contributed by atoms with Crippen LogP contribution in [-0.2, 0) is 27.1 Å². The Balaban J connectivity index is 1.24. The largest absolute Gasteiger partial charge is 0.461 e. The third-order valence-electron chi connectivity index (χ3n) is 5.44. The van der Waals surface area contributed by atoms with Crippen molar-refractivity contribution in [3.63, 3.8) is 0 Å². The lowest BCUT2D eigenvalue weighted by Crippen LogP contribution is -2.38. The molecule has 1 aliphatic heterocycles. The van der Waals surface area contributed by atoms with E-state index in [1.54, 1.807) is 24.3 Å². The van der Waals surface area contributed by atoms with Crippen molar-refractivity contribution < 1.29 is 23.8 Å². The van der Waals surface area contributed by atoms with Crippen LogP contribution in [0.3, 0.4) is 0 Å². The second kappa shape index (κ2) is 9.20. The molecule has 152 valence electrons. The second-order valence-electron chi connectivity index (χ2n) is 7.41. The smallest absolute Gasteiger partial charge is 0.338 e. The summed E-state index contributed by atoms with van der Waals surface area (Å²) in [5, 5.41) is 0. The van der Waals surface area contributed by atoms with E-state index >= 15 is 0 Å². The number of ether oxygens (including phenoxy) is 3. The molecule has 29 heavy (non-hydrogen) atoms. The molecule has 0 bridgehead atoms. The molecule has 2 aromatic rings. The topological polar surface area (TPSA) is 65.1 Å². The van der Waals surface area contributed by atoms with E-state index in [4.69, 9.17) is 14.2 Å². The maximum atomic E-state index is 12.5. The number of benzene rings is 2. The van der Waals surface area contributed by atoms with E-state index in [9.17, 15) is 9.59 Å². The molecule has 2 aliphatic rings. The van der Waals surface area contributed by atoms with Crippen molar-refractivity contribution in [2.75, 3.05) is 39.5 Å². The molecule has 6 nitrogen and oxygen atoms in total. The highest BCUT2D eigenvalue weighted by molar-refractivity contribution is 5.89. The minimum atomic E-state index is -0.373. The number of carbonyl (C=O) groups is 2. The number of hydrogen-bond donors (Lipinski definition) is 0. The minimum absolute atomic E-state index is 0.155. The number of carbonyl (C=O) groups excluding carboxylic acids is 2. The number of esters is 2. The van der Waals surface area contributed by atoms with Crippen LogP contribution in [0.4, 0.5) is 0 Å². The van der Waals surface area contributed by atoms with E-state index in [-0.39, 0.29) is 17.9 Å². The van der Waals surface area contributed by atoms with Gasteiger partial charge in [-0.05, 0) is 48.2 Å². The summed E-state index contributed by atoms with van der Waals surface area (Å²) in [7, 11) is 0. The van der Waals surface area contributed by atoms with E-state index in [0.717, 1.165) is 26.3 Å². The van der Waals surface area contributed by atoms with E-state index < -0.39 is 0 Å². The fourth-order valence-corrected chi connectivity index (χ4v) is 3.76. The molecule has 0 unspecified atom stereocenters. The van der Waals surface area contributed by atoms with Crippen molar-refractivity contribution in [2.45, 2.75) is 12.8 Å². The second-order valence-corrected chi connectivity index (χ2v) is 7.41. The predicted molar refractivity (Wildman–Crippen MR) is 107 cm³/mol. The summed E-state index contributed by atoms with van der Waals surface area (Å²) in [5.41, 5.74) is 2.87. The Morgan fingerprint density at radius 2 is 1.62 bits per heavy atom. The number of rotatable bonds is 6. The first-order valence-electron chi connectivity index (χ1n) is 10.0. The van der Waals surface area contributed by atoms with Gasteiger partial charge >= 0.3 is 11.9 Å². The van der Waals surface area contributed by atoms with Gasteiger partial charge in [-0.25, -0.2) is 4.79 Å². The van der Waals surface area contributed by atoms with Gasteiger partial charge in [0.05, 0.1) is 24.7 Å². The van der Waals surface area contributed by atoms with Crippen LogP contribution in [0.2, 0.25) is 0 Å². The number of fused-ring (bicyclic) bond motifs is 1. The molecule has 1 saturated heterocycles. The first-order chi connectivity index (χ1) is 14.2. The first kappa shape index (κ1) is 19.6. The number of morpholine rings is 1. The van der Waals surface area contributed by atoms with Gasteiger partial charge < -0.3 is 14.2 Å². The Kier molecular flexibility index (Phi) is 6.22. The van der Waals surface area contributed by atoms with E-state index in [2.05, 4.69) is 17.0 Å². The molecule has 1 fully saturated rings. The van der Waals surface area contributed by atoms with Crippen molar-refractivity contribution in [1.29, 1.82) is 0 Å². The van der Waals surface area contributed by atoms with Gasteiger partial charge in [-0.15, -0.1) is 0 Å². The van der Waals surface area contributed by atoms with Crippen LogP contribution in [0.5, 0.6) is 5.75 Å². The first-order valence-corrected chi connectivity index (χ1v) is 10.0. The lowest BCUT2D eigenvalue weighted by Gasteiger charge is -2.26. The molecule has 0 amide bonds. The summed E-state index contributed by atoms with van der Waals surface area (Å²) in [6.45, 7) is 4.22. The summed E-state index contributed by atoms with van der Waals surface area (Å²) in [4.78, 5) is 26.9. The normalized spacial score (nSPS) is 17.0. The summed E-state index contributed by atoms with van der Waals surface area (Å²) < 4.78 is 16.2. The van der Waals surface area contributed by atoms with Gasteiger partial charge in [-0.2, -0.15) is 0 Å².